The number of likely N-dealkylation sites (tertiary alicyclic amines) is 1. The van der Waals surface area contributed by atoms with Crippen molar-refractivity contribution >= 4 is 18.0 Å². The minimum absolute atomic E-state index is 0.0912. The highest BCUT2D eigenvalue weighted by atomic mass is 19.1. The van der Waals surface area contributed by atoms with Crippen LogP contribution in [-0.2, 0) is 14.3 Å². The summed E-state index contributed by atoms with van der Waals surface area (Å²) in [6.45, 7) is 13.5. The van der Waals surface area contributed by atoms with Gasteiger partial charge in [-0.05, 0) is 71.6 Å². The Labute approximate surface area is 237 Å². The fourth-order valence-corrected chi connectivity index (χ4v) is 5.30. The number of hydrogen-bond donors (Lipinski definition) is 3. The second-order valence-electron chi connectivity index (χ2n) is 11.8. The Morgan fingerprint density at radius 2 is 1.88 bits per heavy atom. The van der Waals surface area contributed by atoms with Gasteiger partial charge in [0.1, 0.15) is 17.4 Å². The van der Waals surface area contributed by atoms with E-state index in [4.69, 9.17) is 9.47 Å². The lowest BCUT2D eigenvalue weighted by atomic mass is 9.96. The summed E-state index contributed by atoms with van der Waals surface area (Å²) < 4.78 is 41.4. The van der Waals surface area contributed by atoms with E-state index in [1.165, 1.54) is 12.1 Å². The van der Waals surface area contributed by atoms with E-state index in [0.29, 0.717) is 51.5 Å². The predicted octanol–water partition coefficient (Wildman–Crippen LogP) is 3.99. The maximum absolute atomic E-state index is 14.9. The first-order valence-corrected chi connectivity index (χ1v) is 14.5. The lowest BCUT2D eigenvalue weighted by Crippen LogP contribution is -2.42. The Balaban J connectivity index is 1.46. The first kappa shape index (κ1) is 31.8. The van der Waals surface area contributed by atoms with Crippen molar-refractivity contribution in [3.05, 3.63) is 35.9 Å². The second-order valence-corrected chi connectivity index (χ2v) is 11.8. The molecule has 3 atom stereocenters. The van der Waals surface area contributed by atoms with E-state index in [9.17, 15) is 18.4 Å². The van der Waals surface area contributed by atoms with E-state index in [2.05, 4.69) is 22.5 Å². The number of amides is 2. The Hall–Kier alpha value is -2.72. The first-order valence-electron chi connectivity index (χ1n) is 14.5. The van der Waals surface area contributed by atoms with Crippen molar-refractivity contribution in [3.8, 4) is 5.75 Å². The molecule has 2 heterocycles. The number of rotatable bonds is 16. The van der Waals surface area contributed by atoms with Gasteiger partial charge in [0.25, 0.3) is 0 Å². The van der Waals surface area contributed by atoms with E-state index in [-0.39, 0.29) is 40.6 Å². The summed E-state index contributed by atoms with van der Waals surface area (Å²) in [6.07, 6.45) is 6.51. The molecule has 2 aliphatic heterocycles. The van der Waals surface area contributed by atoms with Gasteiger partial charge in [-0.1, -0.05) is 6.58 Å². The van der Waals surface area contributed by atoms with E-state index < -0.39 is 11.6 Å². The quantitative estimate of drug-likeness (QED) is 0.208. The molecule has 2 fully saturated rings. The fraction of sp³-hybridized carbons (Fsp3) is 0.667. The highest BCUT2D eigenvalue weighted by Crippen LogP contribution is 2.27. The normalized spacial score (nSPS) is 19.9. The zero-order valence-electron chi connectivity index (χ0n) is 24.2. The Kier molecular flexibility index (Phi) is 12.2. The van der Waals surface area contributed by atoms with Crippen molar-refractivity contribution in [1.29, 1.82) is 0 Å². The van der Waals surface area contributed by atoms with E-state index in [1.807, 2.05) is 25.7 Å². The molecular formula is C30H46F2N4O4. The molecule has 3 rings (SSSR count). The molecule has 0 bridgehead atoms. The third-order valence-corrected chi connectivity index (χ3v) is 7.41. The number of benzene rings is 1. The van der Waals surface area contributed by atoms with Crippen LogP contribution in [0.25, 0.3) is 5.70 Å². The summed E-state index contributed by atoms with van der Waals surface area (Å²) in [5.41, 5.74) is -0.284. The summed E-state index contributed by atoms with van der Waals surface area (Å²) in [5.74, 6) is -0.950. The van der Waals surface area contributed by atoms with Crippen LogP contribution >= 0.6 is 0 Å². The SMILES string of the molecule is C=C(NC1CNC(C(=O)N2CCCC2)C1)c1c(F)cc(OCCCC(CCNC=O)CCOC(C)(C)C)cc1F. The van der Waals surface area contributed by atoms with Crippen LogP contribution in [0.15, 0.2) is 18.7 Å². The van der Waals surface area contributed by atoms with Gasteiger partial charge in [-0.2, -0.15) is 0 Å². The molecule has 2 aliphatic rings. The molecule has 0 aromatic heterocycles. The number of halogens is 2. The summed E-state index contributed by atoms with van der Waals surface area (Å²) in [4.78, 5) is 25.1. The van der Waals surface area contributed by atoms with Crippen LogP contribution in [0.2, 0.25) is 0 Å². The number of ether oxygens (including phenoxy) is 2. The molecule has 2 saturated heterocycles. The number of carbonyl (C=O) groups excluding carboxylic acids is 2. The van der Waals surface area contributed by atoms with Crippen LogP contribution in [0.1, 0.15) is 71.3 Å². The van der Waals surface area contributed by atoms with Gasteiger partial charge in [0.2, 0.25) is 12.3 Å². The summed E-state index contributed by atoms with van der Waals surface area (Å²) in [7, 11) is 0. The van der Waals surface area contributed by atoms with Gasteiger partial charge >= 0.3 is 0 Å². The van der Waals surface area contributed by atoms with Gasteiger partial charge in [-0.3, -0.25) is 9.59 Å². The minimum Gasteiger partial charge on any atom is -0.493 e. The third-order valence-electron chi connectivity index (χ3n) is 7.41. The van der Waals surface area contributed by atoms with Gasteiger partial charge in [0, 0.05) is 56.7 Å². The average Bonchev–Trinajstić information content (AvgIpc) is 3.58. The molecular weight excluding hydrogens is 518 g/mol. The van der Waals surface area contributed by atoms with Gasteiger partial charge in [0.05, 0.1) is 23.8 Å². The van der Waals surface area contributed by atoms with Gasteiger partial charge in [-0.25, -0.2) is 8.78 Å². The smallest absolute Gasteiger partial charge is 0.239 e. The monoisotopic (exact) mass is 564 g/mol. The summed E-state index contributed by atoms with van der Waals surface area (Å²) >= 11 is 0. The third kappa shape index (κ3) is 10.0. The molecule has 10 heteroatoms. The Morgan fingerprint density at radius 1 is 1.18 bits per heavy atom. The number of hydrogen-bond acceptors (Lipinski definition) is 6. The number of nitrogens with zero attached hydrogens (tertiary/aromatic N) is 1. The number of nitrogens with one attached hydrogen (secondary N) is 3. The van der Waals surface area contributed by atoms with Crippen molar-refractivity contribution in [3.63, 3.8) is 0 Å². The maximum Gasteiger partial charge on any atom is 0.239 e. The predicted molar refractivity (Wildman–Crippen MR) is 152 cm³/mol. The van der Waals surface area contributed by atoms with E-state index in [0.717, 1.165) is 45.2 Å². The largest absolute Gasteiger partial charge is 0.493 e. The van der Waals surface area contributed by atoms with Gasteiger partial charge in [0.15, 0.2) is 0 Å². The highest BCUT2D eigenvalue weighted by Gasteiger charge is 2.33. The van der Waals surface area contributed by atoms with Crippen LogP contribution in [0.3, 0.4) is 0 Å². The molecule has 3 N–H and O–H groups in total. The first-order chi connectivity index (χ1) is 19.1. The molecule has 2 amide bonds. The van der Waals surface area contributed by atoms with Crippen LogP contribution in [0.4, 0.5) is 8.78 Å². The second kappa shape index (κ2) is 15.3. The zero-order valence-corrected chi connectivity index (χ0v) is 24.2. The van der Waals surface area contributed by atoms with Crippen molar-refractivity contribution in [2.45, 2.75) is 83.4 Å². The Bertz CT molecular complexity index is 971. The molecule has 0 spiro atoms. The van der Waals surface area contributed by atoms with Gasteiger partial charge in [-0.15, -0.1) is 0 Å². The molecule has 224 valence electrons. The van der Waals surface area contributed by atoms with E-state index >= 15 is 0 Å². The van der Waals surface area contributed by atoms with E-state index in [1.54, 1.807) is 0 Å². The molecule has 0 saturated carbocycles. The molecule has 1 aromatic rings. The topological polar surface area (TPSA) is 91.9 Å². The van der Waals surface area contributed by atoms with Crippen LogP contribution in [0, 0.1) is 17.6 Å². The highest BCUT2D eigenvalue weighted by molar-refractivity contribution is 5.82. The average molecular weight is 565 g/mol. The van der Waals surface area contributed by atoms with Crippen LogP contribution in [-0.4, -0.2) is 74.3 Å². The standard InChI is InChI=1S/C30H46F2N4O4/c1-21(35-23-16-27(34-19-23)29(38)36-12-5-6-13-36)28-25(31)17-24(18-26(28)32)39-14-7-8-22(9-11-33-20-37)10-15-40-30(2,3)4/h17-18,20,22-23,27,34-35H,1,5-16,19H2,2-4H3,(H,33,37). The number of carbonyl (C=O) groups is 2. The van der Waals surface area contributed by atoms with Crippen molar-refractivity contribution in [1.82, 2.24) is 20.9 Å². The van der Waals surface area contributed by atoms with Crippen molar-refractivity contribution in [2.75, 3.05) is 39.4 Å². The molecule has 1 aromatic carbocycles. The minimum atomic E-state index is -0.750. The van der Waals surface area contributed by atoms with Crippen molar-refractivity contribution < 1.29 is 27.8 Å². The van der Waals surface area contributed by atoms with Crippen LogP contribution in [0.5, 0.6) is 5.75 Å². The lowest BCUT2D eigenvalue weighted by molar-refractivity contribution is -0.132. The molecule has 3 unspecified atom stereocenters. The molecule has 0 radical (unpaired) electrons. The van der Waals surface area contributed by atoms with Crippen molar-refractivity contribution in [2.24, 2.45) is 5.92 Å². The lowest BCUT2D eigenvalue weighted by Gasteiger charge is -2.22. The molecule has 0 aliphatic carbocycles. The summed E-state index contributed by atoms with van der Waals surface area (Å²) in [6, 6.07) is 1.92. The fourth-order valence-electron chi connectivity index (χ4n) is 5.30. The molecule has 40 heavy (non-hydrogen) atoms. The summed E-state index contributed by atoms with van der Waals surface area (Å²) in [5, 5.41) is 9.02. The van der Waals surface area contributed by atoms with Crippen LogP contribution < -0.4 is 20.7 Å². The maximum atomic E-state index is 14.9. The van der Waals surface area contributed by atoms with Gasteiger partial charge < -0.3 is 30.3 Å². The Morgan fingerprint density at radius 3 is 2.52 bits per heavy atom. The molecule has 8 nitrogen and oxygen atoms in total. The zero-order chi connectivity index (χ0) is 29.1.